The maximum Gasteiger partial charge on any atom is 0.126 e. The minimum atomic E-state index is -0.00740. The molecule has 1 aliphatic heterocycles. The Balaban J connectivity index is 1.93. The summed E-state index contributed by atoms with van der Waals surface area (Å²) < 4.78 is 10.6. The molecule has 1 heterocycles. The summed E-state index contributed by atoms with van der Waals surface area (Å²) in [5.74, 6) is 0.896. The van der Waals surface area contributed by atoms with Crippen molar-refractivity contribution in [2.75, 3.05) is 47.1 Å². The number of methoxy groups -OCH3 is 2. The Morgan fingerprint density at radius 2 is 2.13 bits per heavy atom. The molecule has 0 amide bonds. The van der Waals surface area contributed by atoms with Crippen molar-refractivity contribution in [1.82, 2.24) is 4.90 Å². The molecule has 1 saturated heterocycles. The predicted molar refractivity (Wildman–Crippen MR) is 93.7 cm³/mol. The van der Waals surface area contributed by atoms with E-state index in [1.807, 2.05) is 18.2 Å². The highest BCUT2D eigenvalue weighted by molar-refractivity contribution is 5.57. The monoisotopic (exact) mass is 319 g/mol. The van der Waals surface area contributed by atoms with Gasteiger partial charge < -0.3 is 14.6 Å². The number of hydrogen-bond acceptors (Lipinski definition) is 4. The predicted octanol–water partition coefficient (Wildman–Crippen LogP) is 2.82. The van der Waals surface area contributed by atoms with E-state index in [4.69, 9.17) is 9.47 Å². The van der Waals surface area contributed by atoms with Crippen LogP contribution in [0.2, 0.25) is 0 Å². The normalized spacial score (nSPS) is 22.6. The number of benzene rings is 1. The fourth-order valence-corrected chi connectivity index (χ4v) is 3.33. The van der Waals surface area contributed by atoms with Crippen LogP contribution in [0.3, 0.4) is 0 Å². The van der Waals surface area contributed by atoms with Crippen LogP contribution in [-0.2, 0) is 4.74 Å². The van der Waals surface area contributed by atoms with Crippen molar-refractivity contribution in [1.29, 1.82) is 0 Å². The van der Waals surface area contributed by atoms with E-state index in [-0.39, 0.29) is 12.0 Å². The van der Waals surface area contributed by atoms with Gasteiger partial charge in [-0.2, -0.15) is 0 Å². The van der Waals surface area contributed by atoms with Crippen molar-refractivity contribution in [2.24, 2.45) is 5.41 Å². The Bertz CT molecular complexity index is 503. The second-order valence-corrected chi connectivity index (χ2v) is 6.38. The summed E-state index contributed by atoms with van der Waals surface area (Å²) in [6.45, 7) is 3.87. The topological polar surface area (TPSA) is 41.9 Å². The molecule has 0 radical (unpaired) electrons. The van der Waals surface area contributed by atoms with E-state index in [0.717, 1.165) is 50.2 Å². The number of hydrogen-bond donors (Lipinski definition) is 1. The third kappa shape index (κ3) is 5.06. The number of para-hydroxylation sites is 1. The van der Waals surface area contributed by atoms with Crippen molar-refractivity contribution in [3.8, 4) is 5.75 Å². The SMILES string of the molecule is COCCC1(CO)CCCN(CC=Cc2ccccc2OC)C1. The smallest absolute Gasteiger partial charge is 0.126 e. The summed E-state index contributed by atoms with van der Waals surface area (Å²) in [4.78, 5) is 2.42. The van der Waals surface area contributed by atoms with Crippen LogP contribution in [0.4, 0.5) is 0 Å². The van der Waals surface area contributed by atoms with Gasteiger partial charge in [0.1, 0.15) is 5.75 Å². The lowest BCUT2D eigenvalue weighted by Crippen LogP contribution is -2.45. The number of likely N-dealkylation sites (tertiary alicyclic amines) is 1. The van der Waals surface area contributed by atoms with E-state index in [0.29, 0.717) is 6.61 Å². The lowest BCUT2D eigenvalue weighted by atomic mass is 9.78. The molecule has 0 saturated carbocycles. The van der Waals surface area contributed by atoms with E-state index < -0.39 is 0 Å². The van der Waals surface area contributed by atoms with Crippen molar-refractivity contribution in [3.05, 3.63) is 35.9 Å². The molecular formula is C19H29NO3. The molecule has 1 aliphatic rings. The van der Waals surface area contributed by atoms with Gasteiger partial charge in [-0.05, 0) is 31.9 Å². The number of aliphatic hydroxyl groups excluding tert-OH is 1. The lowest BCUT2D eigenvalue weighted by Gasteiger charge is -2.41. The molecule has 0 spiro atoms. The van der Waals surface area contributed by atoms with Crippen LogP contribution in [0.5, 0.6) is 5.75 Å². The molecule has 4 heteroatoms. The van der Waals surface area contributed by atoms with Crippen molar-refractivity contribution < 1.29 is 14.6 Å². The van der Waals surface area contributed by atoms with Crippen LogP contribution in [0.1, 0.15) is 24.8 Å². The quantitative estimate of drug-likeness (QED) is 0.800. The van der Waals surface area contributed by atoms with Gasteiger partial charge in [0.15, 0.2) is 0 Å². The Hall–Kier alpha value is -1.36. The van der Waals surface area contributed by atoms with Gasteiger partial charge in [-0.3, -0.25) is 4.90 Å². The van der Waals surface area contributed by atoms with Gasteiger partial charge in [-0.1, -0.05) is 30.4 Å². The number of rotatable bonds is 8. The molecule has 4 nitrogen and oxygen atoms in total. The fourth-order valence-electron chi connectivity index (χ4n) is 3.33. The van der Waals surface area contributed by atoms with Crippen molar-refractivity contribution >= 4 is 6.08 Å². The third-order valence-corrected chi connectivity index (χ3v) is 4.71. The molecule has 128 valence electrons. The van der Waals surface area contributed by atoms with Gasteiger partial charge in [-0.15, -0.1) is 0 Å². The lowest BCUT2D eigenvalue weighted by molar-refractivity contribution is 0.0115. The van der Waals surface area contributed by atoms with Crippen molar-refractivity contribution in [2.45, 2.75) is 19.3 Å². The van der Waals surface area contributed by atoms with Crippen LogP contribution in [0.25, 0.3) is 6.08 Å². The van der Waals surface area contributed by atoms with E-state index in [9.17, 15) is 5.11 Å². The zero-order valence-electron chi connectivity index (χ0n) is 14.3. The Morgan fingerprint density at radius 1 is 1.30 bits per heavy atom. The minimum absolute atomic E-state index is 0.00740. The molecule has 0 bridgehead atoms. The molecule has 1 N–H and O–H groups in total. The maximum absolute atomic E-state index is 9.84. The molecule has 0 aromatic heterocycles. The second-order valence-electron chi connectivity index (χ2n) is 6.38. The Labute approximate surface area is 139 Å². The third-order valence-electron chi connectivity index (χ3n) is 4.71. The molecule has 1 aromatic rings. The van der Waals surface area contributed by atoms with Gasteiger partial charge in [-0.25, -0.2) is 0 Å². The standard InChI is InChI=1S/C19H29NO3/c1-22-14-11-19(16-21)10-6-13-20(15-19)12-5-8-17-7-3-4-9-18(17)23-2/h3-5,7-9,21H,6,10-16H2,1-2H3. The Morgan fingerprint density at radius 3 is 2.87 bits per heavy atom. The Kier molecular flexibility index (Phi) is 7.09. The van der Waals surface area contributed by atoms with Gasteiger partial charge >= 0.3 is 0 Å². The van der Waals surface area contributed by atoms with Crippen LogP contribution < -0.4 is 4.74 Å². The molecule has 1 aromatic carbocycles. The number of ether oxygens (including phenoxy) is 2. The first kappa shape index (κ1) is 18.0. The summed E-state index contributed by atoms with van der Waals surface area (Å²) in [7, 11) is 3.42. The molecule has 1 atom stereocenters. The highest BCUT2D eigenvalue weighted by Gasteiger charge is 2.34. The molecule has 1 fully saturated rings. The zero-order chi connectivity index (χ0) is 16.5. The first-order valence-electron chi connectivity index (χ1n) is 8.35. The second kappa shape index (κ2) is 9.06. The van der Waals surface area contributed by atoms with Crippen LogP contribution >= 0.6 is 0 Å². The summed E-state index contributed by atoms with van der Waals surface area (Å²) in [5, 5.41) is 9.84. The van der Waals surface area contributed by atoms with Crippen LogP contribution in [-0.4, -0.2) is 57.1 Å². The average Bonchev–Trinajstić information content (AvgIpc) is 2.61. The van der Waals surface area contributed by atoms with E-state index in [2.05, 4.69) is 23.1 Å². The van der Waals surface area contributed by atoms with E-state index >= 15 is 0 Å². The van der Waals surface area contributed by atoms with E-state index in [1.54, 1.807) is 14.2 Å². The van der Waals surface area contributed by atoms with Crippen LogP contribution in [0.15, 0.2) is 30.3 Å². The summed E-state index contributed by atoms with van der Waals surface area (Å²) in [5.41, 5.74) is 1.09. The van der Waals surface area contributed by atoms with Gasteiger partial charge in [0.25, 0.3) is 0 Å². The first-order chi connectivity index (χ1) is 11.2. The maximum atomic E-state index is 9.84. The number of nitrogens with zero attached hydrogens (tertiary/aromatic N) is 1. The summed E-state index contributed by atoms with van der Waals surface area (Å²) in [6, 6.07) is 8.03. The minimum Gasteiger partial charge on any atom is -0.496 e. The van der Waals surface area contributed by atoms with Gasteiger partial charge in [0.05, 0.1) is 13.7 Å². The highest BCUT2D eigenvalue weighted by Crippen LogP contribution is 2.33. The number of aliphatic hydroxyl groups is 1. The molecular weight excluding hydrogens is 290 g/mol. The number of piperidine rings is 1. The zero-order valence-corrected chi connectivity index (χ0v) is 14.3. The van der Waals surface area contributed by atoms with E-state index in [1.165, 1.54) is 0 Å². The van der Waals surface area contributed by atoms with Crippen LogP contribution in [0, 0.1) is 5.41 Å². The molecule has 23 heavy (non-hydrogen) atoms. The van der Waals surface area contributed by atoms with Crippen molar-refractivity contribution in [3.63, 3.8) is 0 Å². The summed E-state index contributed by atoms with van der Waals surface area (Å²) in [6.07, 6.45) is 7.43. The molecule has 1 unspecified atom stereocenters. The largest absolute Gasteiger partial charge is 0.496 e. The summed E-state index contributed by atoms with van der Waals surface area (Å²) >= 11 is 0. The average molecular weight is 319 g/mol. The highest BCUT2D eigenvalue weighted by atomic mass is 16.5. The molecule has 2 rings (SSSR count). The fraction of sp³-hybridized carbons (Fsp3) is 0.579. The first-order valence-corrected chi connectivity index (χ1v) is 8.35. The van der Waals surface area contributed by atoms with Gasteiger partial charge in [0.2, 0.25) is 0 Å². The van der Waals surface area contributed by atoms with Gasteiger partial charge in [0, 0.05) is 37.8 Å². The molecule has 0 aliphatic carbocycles.